The third-order valence-corrected chi connectivity index (χ3v) is 4.70. The van der Waals surface area contributed by atoms with Crippen molar-refractivity contribution in [3.63, 3.8) is 0 Å². The van der Waals surface area contributed by atoms with Crippen molar-refractivity contribution in [2.24, 2.45) is 5.92 Å². The van der Waals surface area contributed by atoms with Crippen molar-refractivity contribution in [1.82, 2.24) is 4.98 Å². The summed E-state index contributed by atoms with van der Waals surface area (Å²) in [4.78, 5) is 4.28. The standard InChI is InChI=1S/C14H15F3N2S/c1-8-2-4-10(6-8)18-13-19-11-7-9(14(15,16)17)3-5-12(11)20-13/h3,5,7-8,10H,2,4,6H2,1H3,(H,18,19). The molecule has 1 aliphatic carbocycles. The number of hydrogen-bond acceptors (Lipinski definition) is 3. The predicted molar refractivity (Wildman–Crippen MR) is 75.0 cm³/mol. The van der Waals surface area contributed by atoms with E-state index in [4.69, 9.17) is 0 Å². The van der Waals surface area contributed by atoms with Gasteiger partial charge in [0.2, 0.25) is 0 Å². The van der Waals surface area contributed by atoms with Crippen LogP contribution in [0.3, 0.4) is 0 Å². The van der Waals surface area contributed by atoms with Crippen LogP contribution in [0, 0.1) is 5.92 Å². The Morgan fingerprint density at radius 1 is 1.30 bits per heavy atom. The fraction of sp³-hybridized carbons (Fsp3) is 0.500. The molecule has 2 aromatic rings. The molecule has 2 atom stereocenters. The minimum Gasteiger partial charge on any atom is -0.359 e. The maximum Gasteiger partial charge on any atom is 0.416 e. The van der Waals surface area contributed by atoms with E-state index < -0.39 is 11.7 Å². The van der Waals surface area contributed by atoms with Gasteiger partial charge >= 0.3 is 6.18 Å². The van der Waals surface area contributed by atoms with Crippen molar-refractivity contribution in [3.8, 4) is 0 Å². The lowest BCUT2D eigenvalue weighted by Crippen LogP contribution is -2.14. The lowest BCUT2D eigenvalue weighted by molar-refractivity contribution is -0.137. The molecule has 20 heavy (non-hydrogen) atoms. The monoisotopic (exact) mass is 300 g/mol. The summed E-state index contributed by atoms with van der Waals surface area (Å²) < 4.78 is 38.7. The van der Waals surface area contributed by atoms with E-state index in [0.717, 1.165) is 34.8 Å². The molecule has 3 rings (SSSR count). The van der Waals surface area contributed by atoms with Crippen molar-refractivity contribution in [2.75, 3.05) is 5.32 Å². The lowest BCUT2D eigenvalue weighted by Gasteiger charge is -2.10. The third kappa shape index (κ3) is 2.75. The highest BCUT2D eigenvalue weighted by Gasteiger charge is 2.31. The molecule has 0 radical (unpaired) electrons. The molecule has 1 saturated carbocycles. The maximum atomic E-state index is 12.7. The zero-order valence-electron chi connectivity index (χ0n) is 11.0. The van der Waals surface area contributed by atoms with Crippen LogP contribution in [-0.2, 0) is 6.18 Å². The van der Waals surface area contributed by atoms with E-state index in [1.807, 2.05) is 0 Å². The lowest BCUT2D eigenvalue weighted by atomic mass is 10.1. The predicted octanol–water partition coefficient (Wildman–Crippen LogP) is 4.92. The van der Waals surface area contributed by atoms with E-state index in [-0.39, 0.29) is 0 Å². The van der Waals surface area contributed by atoms with Crippen molar-refractivity contribution in [3.05, 3.63) is 23.8 Å². The average molecular weight is 300 g/mol. The number of benzene rings is 1. The first-order chi connectivity index (χ1) is 9.41. The Morgan fingerprint density at radius 2 is 2.10 bits per heavy atom. The van der Waals surface area contributed by atoms with Gasteiger partial charge in [0.05, 0.1) is 15.8 Å². The molecule has 1 aliphatic rings. The molecular weight excluding hydrogens is 285 g/mol. The van der Waals surface area contributed by atoms with Gasteiger partial charge in [0.1, 0.15) is 0 Å². The first kappa shape index (κ1) is 13.7. The molecule has 1 aromatic carbocycles. The van der Waals surface area contributed by atoms with Crippen molar-refractivity contribution in [2.45, 2.75) is 38.4 Å². The second-order valence-electron chi connectivity index (χ2n) is 5.46. The number of hydrogen-bond donors (Lipinski definition) is 1. The smallest absolute Gasteiger partial charge is 0.359 e. The van der Waals surface area contributed by atoms with E-state index >= 15 is 0 Å². The van der Waals surface area contributed by atoms with Gasteiger partial charge in [0, 0.05) is 6.04 Å². The fourth-order valence-electron chi connectivity index (χ4n) is 2.68. The number of nitrogens with one attached hydrogen (secondary N) is 1. The highest BCUT2D eigenvalue weighted by Crippen LogP contribution is 2.35. The quantitative estimate of drug-likeness (QED) is 0.852. The van der Waals surface area contributed by atoms with Crippen LogP contribution in [0.15, 0.2) is 18.2 Å². The zero-order valence-corrected chi connectivity index (χ0v) is 11.8. The number of rotatable bonds is 2. The van der Waals surface area contributed by atoms with E-state index in [9.17, 15) is 13.2 Å². The van der Waals surface area contributed by atoms with Crippen molar-refractivity contribution >= 4 is 26.7 Å². The summed E-state index contributed by atoms with van der Waals surface area (Å²) in [6.45, 7) is 2.22. The summed E-state index contributed by atoms with van der Waals surface area (Å²) in [6, 6.07) is 4.13. The fourth-order valence-corrected chi connectivity index (χ4v) is 3.60. The van der Waals surface area contributed by atoms with Gasteiger partial charge in [-0.1, -0.05) is 18.3 Å². The Morgan fingerprint density at radius 3 is 2.75 bits per heavy atom. The van der Waals surface area contributed by atoms with Crippen molar-refractivity contribution in [1.29, 1.82) is 0 Å². The largest absolute Gasteiger partial charge is 0.416 e. The van der Waals surface area contributed by atoms with Gasteiger partial charge in [-0.3, -0.25) is 0 Å². The molecule has 1 N–H and O–H groups in total. The van der Waals surface area contributed by atoms with Crippen LogP contribution in [0.1, 0.15) is 31.7 Å². The molecule has 1 aromatic heterocycles. The molecule has 1 heterocycles. The topological polar surface area (TPSA) is 24.9 Å². The summed E-state index contributed by atoms with van der Waals surface area (Å²) in [6.07, 6.45) is -0.915. The molecule has 2 unspecified atom stereocenters. The molecule has 6 heteroatoms. The molecule has 108 valence electrons. The molecule has 0 saturated heterocycles. The molecular formula is C14H15F3N2S. The van der Waals surface area contributed by atoms with E-state index in [1.54, 1.807) is 0 Å². The minimum atomic E-state index is -4.31. The number of fused-ring (bicyclic) bond motifs is 1. The molecule has 0 spiro atoms. The Balaban J connectivity index is 1.83. The Bertz CT molecular complexity index is 620. The van der Waals surface area contributed by atoms with Gasteiger partial charge in [0.15, 0.2) is 5.13 Å². The number of alkyl halides is 3. The molecule has 0 aliphatic heterocycles. The van der Waals surface area contributed by atoms with Gasteiger partial charge in [-0.15, -0.1) is 0 Å². The van der Waals surface area contributed by atoms with E-state index in [1.165, 1.54) is 23.8 Å². The van der Waals surface area contributed by atoms with Gasteiger partial charge in [-0.25, -0.2) is 4.98 Å². The highest BCUT2D eigenvalue weighted by molar-refractivity contribution is 7.22. The van der Waals surface area contributed by atoms with Crippen LogP contribution in [0.25, 0.3) is 10.2 Å². The Hall–Kier alpha value is -1.30. The summed E-state index contributed by atoms with van der Waals surface area (Å²) in [7, 11) is 0. The summed E-state index contributed by atoms with van der Waals surface area (Å²) in [5.74, 6) is 0.707. The van der Waals surface area contributed by atoms with Gasteiger partial charge in [-0.05, 0) is 43.4 Å². The number of halogens is 3. The molecule has 0 bridgehead atoms. The SMILES string of the molecule is CC1CCC(Nc2nc3cc(C(F)(F)F)ccc3s2)C1. The molecule has 1 fully saturated rings. The Labute approximate surface area is 119 Å². The van der Waals surface area contributed by atoms with Crippen molar-refractivity contribution < 1.29 is 13.2 Å². The van der Waals surface area contributed by atoms with E-state index in [2.05, 4.69) is 17.2 Å². The highest BCUT2D eigenvalue weighted by atomic mass is 32.1. The number of aromatic nitrogens is 1. The molecule has 0 amide bonds. The first-order valence-corrected chi connectivity index (χ1v) is 7.48. The summed E-state index contributed by atoms with van der Waals surface area (Å²) >= 11 is 1.42. The zero-order chi connectivity index (χ0) is 14.3. The van der Waals surface area contributed by atoms with Crippen LogP contribution in [0.5, 0.6) is 0 Å². The molecule has 2 nitrogen and oxygen atoms in total. The van der Waals surface area contributed by atoms with Crippen LogP contribution >= 0.6 is 11.3 Å². The van der Waals surface area contributed by atoms with Crippen LogP contribution in [0.4, 0.5) is 18.3 Å². The second-order valence-corrected chi connectivity index (χ2v) is 6.49. The maximum absolute atomic E-state index is 12.7. The summed E-state index contributed by atoms with van der Waals surface area (Å²) in [5, 5.41) is 4.07. The van der Waals surface area contributed by atoms with Gasteiger partial charge < -0.3 is 5.32 Å². The third-order valence-electron chi connectivity index (χ3n) is 3.74. The second kappa shape index (κ2) is 4.91. The first-order valence-electron chi connectivity index (χ1n) is 6.66. The van der Waals surface area contributed by atoms with E-state index in [0.29, 0.717) is 17.5 Å². The van der Waals surface area contributed by atoms with Crippen LogP contribution < -0.4 is 5.32 Å². The van der Waals surface area contributed by atoms with Gasteiger partial charge in [0.25, 0.3) is 0 Å². The number of thiazole rings is 1. The summed E-state index contributed by atoms with van der Waals surface area (Å²) in [5.41, 5.74) is -0.227. The minimum absolute atomic E-state index is 0.396. The average Bonchev–Trinajstić information content (AvgIpc) is 2.93. The van der Waals surface area contributed by atoms with Crippen LogP contribution in [-0.4, -0.2) is 11.0 Å². The van der Waals surface area contributed by atoms with Gasteiger partial charge in [-0.2, -0.15) is 13.2 Å². The van der Waals surface area contributed by atoms with Crippen LogP contribution in [0.2, 0.25) is 0 Å². The normalized spacial score (nSPS) is 23.4. The number of nitrogens with zero attached hydrogens (tertiary/aromatic N) is 1. The Kier molecular flexibility index (Phi) is 3.36. The number of anilines is 1.